The van der Waals surface area contributed by atoms with E-state index in [1.54, 1.807) is 44.9 Å². The van der Waals surface area contributed by atoms with Crippen molar-refractivity contribution in [3.8, 4) is 0 Å². The fraction of sp³-hybridized carbons (Fsp3) is 1.00. The van der Waals surface area contributed by atoms with E-state index in [1.165, 1.54) is 19.3 Å². The van der Waals surface area contributed by atoms with Gasteiger partial charge in [0.05, 0.1) is 0 Å². The van der Waals surface area contributed by atoms with Crippen LogP contribution in [0.15, 0.2) is 0 Å². The van der Waals surface area contributed by atoms with Gasteiger partial charge in [-0.2, -0.15) is 0 Å². The van der Waals surface area contributed by atoms with E-state index in [9.17, 15) is 0 Å². The molecule has 2 bridgehead atoms. The van der Waals surface area contributed by atoms with Crippen LogP contribution in [0.1, 0.15) is 106 Å². The van der Waals surface area contributed by atoms with Gasteiger partial charge in [0.1, 0.15) is 0 Å². The molecule has 0 amide bonds. The van der Waals surface area contributed by atoms with Crippen LogP contribution in [0.3, 0.4) is 0 Å². The van der Waals surface area contributed by atoms with E-state index in [1.807, 2.05) is 13.8 Å². The van der Waals surface area contributed by atoms with Crippen LogP contribution in [-0.2, 0) is 0 Å². The minimum Gasteiger partial charge on any atom is -0.0683 e. The zero-order chi connectivity index (χ0) is 17.5. The van der Waals surface area contributed by atoms with Gasteiger partial charge >= 0.3 is 0 Å². The molecular formula is C24H44. The van der Waals surface area contributed by atoms with E-state index in [0.717, 1.165) is 46.3 Å². The zero-order valence-electron chi connectivity index (χ0n) is 17.5. The number of rotatable bonds is 0. The second-order valence-corrected chi connectivity index (χ2v) is 10.0. The first kappa shape index (κ1) is 18.8. The largest absolute Gasteiger partial charge is 0.0683 e. The highest BCUT2D eigenvalue weighted by Crippen LogP contribution is 2.79. The summed E-state index contributed by atoms with van der Waals surface area (Å²) >= 11 is 0. The molecule has 0 heterocycles. The lowest BCUT2D eigenvalue weighted by molar-refractivity contribution is 0.0857. The predicted octanol–water partition coefficient (Wildman–Crippen LogP) is 7.72. The van der Waals surface area contributed by atoms with Crippen molar-refractivity contribution in [1.29, 1.82) is 0 Å². The first-order valence-electron chi connectivity index (χ1n) is 11.6. The van der Waals surface area contributed by atoms with Crippen LogP contribution < -0.4 is 0 Å². The lowest BCUT2D eigenvalue weighted by atomic mass is 9.64. The van der Waals surface area contributed by atoms with Gasteiger partial charge in [-0.25, -0.2) is 0 Å². The summed E-state index contributed by atoms with van der Waals surface area (Å²) in [6, 6.07) is 0. The zero-order valence-corrected chi connectivity index (χ0v) is 17.5. The van der Waals surface area contributed by atoms with Crippen molar-refractivity contribution in [1.82, 2.24) is 0 Å². The van der Waals surface area contributed by atoms with E-state index in [-0.39, 0.29) is 0 Å². The van der Waals surface area contributed by atoms with Gasteiger partial charge in [0.15, 0.2) is 0 Å². The Hall–Kier alpha value is 0. The standard InChI is InChI=1S/C19H30.C3H8.C2H6/c1-12-4-3-5-15-16-7-6-14-10-19(16,13(2)17(12)15)11-18(14)8-9-18;1-3-2;1-2/h12-17H,3-11H2,1-2H3;3H2,1-2H3;1-2H3. The van der Waals surface area contributed by atoms with E-state index in [4.69, 9.17) is 0 Å². The molecule has 0 aromatic carbocycles. The molecule has 5 aliphatic rings. The maximum atomic E-state index is 2.68. The summed E-state index contributed by atoms with van der Waals surface area (Å²) in [5.74, 6) is 6.62. The number of fused-ring (bicyclic) bond motifs is 4. The molecule has 0 nitrogen and oxygen atoms in total. The Morgan fingerprint density at radius 2 is 1.58 bits per heavy atom. The molecule has 0 aromatic heterocycles. The van der Waals surface area contributed by atoms with E-state index >= 15 is 0 Å². The van der Waals surface area contributed by atoms with Gasteiger partial charge in [0, 0.05) is 0 Å². The summed E-state index contributed by atoms with van der Waals surface area (Å²) in [7, 11) is 0. The molecule has 5 rings (SSSR count). The molecule has 0 aromatic rings. The normalized spacial score (nSPS) is 49.2. The van der Waals surface area contributed by atoms with Crippen molar-refractivity contribution in [3.05, 3.63) is 0 Å². The van der Waals surface area contributed by atoms with Gasteiger partial charge in [-0.05, 0) is 91.3 Å². The lowest BCUT2D eigenvalue weighted by Crippen LogP contribution is -2.33. The molecule has 7 unspecified atom stereocenters. The minimum absolute atomic E-state index is 0.827. The third kappa shape index (κ3) is 2.61. The third-order valence-corrected chi connectivity index (χ3v) is 8.98. The van der Waals surface area contributed by atoms with Crippen LogP contribution in [0.25, 0.3) is 0 Å². The molecule has 0 aliphatic heterocycles. The van der Waals surface area contributed by atoms with Crippen molar-refractivity contribution in [3.63, 3.8) is 0 Å². The number of hydrogen-bond donors (Lipinski definition) is 0. The van der Waals surface area contributed by atoms with E-state index < -0.39 is 0 Å². The van der Waals surface area contributed by atoms with Crippen LogP contribution in [0.2, 0.25) is 0 Å². The molecule has 5 aliphatic carbocycles. The molecule has 5 saturated carbocycles. The summed E-state index contributed by atoms with van der Waals surface area (Å²) in [5.41, 5.74) is 1.72. The maximum Gasteiger partial charge on any atom is -0.0230 e. The molecule has 140 valence electrons. The van der Waals surface area contributed by atoms with Crippen molar-refractivity contribution < 1.29 is 0 Å². The fourth-order valence-corrected chi connectivity index (χ4v) is 8.18. The molecular weight excluding hydrogens is 288 g/mol. The second kappa shape index (κ2) is 6.96. The Kier molecular flexibility index (Phi) is 5.44. The van der Waals surface area contributed by atoms with Crippen LogP contribution in [-0.4, -0.2) is 0 Å². The fourth-order valence-electron chi connectivity index (χ4n) is 8.18. The molecule has 24 heavy (non-hydrogen) atoms. The topological polar surface area (TPSA) is 0 Å². The van der Waals surface area contributed by atoms with Gasteiger partial charge in [-0.1, -0.05) is 60.8 Å². The van der Waals surface area contributed by atoms with Gasteiger partial charge in [0.25, 0.3) is 0 Å². The summed E-state index contributed by atoms with van der Waals surface area (Å²) in [5, 5.41) is 0. The van der Waals surface area contributed by atoms with Crippen LogP contribution in [0.5, 0.6) is 0 Å². The first-order valence-corrected chi connectivity index (χ1v) is 11.6. The minimum atomic E-state index is 0.827. The average molecular weight is 333 g/mol. The van der Waals surface area contributed by atoms with Crippen molar-refractivity contribution in [2.75, 3.05) is 0 Å². The summed E-state index contributed by atoms with van der Waals surface area (Å²) in [6.07, 6.45) is 15.6. The Labute approximate surface area is 152 Å². The molecule has 0 heteroatoms. The third-order valence-electron chi connectivity index (χ3n) is 8.98. The SMILES string of the molecule is CC.CC1CCCC2C1C(C)C13CC(CCC21)C1(CC1)C3.CCC. The van der Waals surface area contributed by atoms with Gasteiger partial charge in [-0.15, -0.1) is 0 Å². The van der Waals surface area contributed by atoms with Crippen LogP contribution >= 0.6 is 0 Å². The monoisotopic (exact) mass is 332 g/mol. The highest BCUT2D eigenvalue weighted by atomic mass is 14.7. The van der Waals surface area contributed by atoms with Gasteiger partial charge in [-0.3, -0.25) is 0 Å². The van der Waals surface area contributed by atoms with Crippen molar-refractivity contribution >= 4 is 0 Å². The highest BCUT2D eigenvalue weighted by Gasteiger charge is 2.70. The lowest BCUT2D eigenvalue weighted by Gasteiger charge is -2.40. The molecule has 5 fully saturated rings. The van der Waals surface area contributed by atoms with Crippen molar-refractivity contribution in [2.45, 2.75) is 106 Å². The van der Waals surface area contributed by atoms with Crippen molar-refractivity contribution in [2.24, 2.45) is 46.3 Å². The Balaban J connectivity index is 0.000000308. The second-order valence-electron chi connectivity index (χ2n) is 10.0. The van der Waals surface area contributed by atoms with E-state index in [0.29, 0.717) is 0 Å². The predicted molar refractivity (Wildman–Crippen MR) is 106 cm³/mol. The first-order chi connectivity index (χ1) is 11.6. The van der Waals surface area contributed by atoms with Gasteiger partial charge < -0.3 is 0 Å². The molecule has 2 spiro atoms. The Bertz CT molecular complexity index is 420. The Morgan fingerprint density at radius 3 is 2.21 bits per heavy atom. The maximum absolute atomic E-state index is 2.68. The smallest absolute Gasteiger partial charge is 0.0230 e. The van der Waals surface area contributed by atoms with Crippen LogP contribution in [0.4, 0.5) is 0 Å². The highest BCUT2D eigenvalue weighted by molar-refractivity contribution is 5.19. The Morgan fingerprint density at radius 1 is 0.917 bits per heavy atom. The molecule has 0 saturated heterocycles. The van der Waals surface area contributed by atoms with E-state index in [2.05, 4.69) is 27.7 Å². The molecule has 7 atom stereocenters. The van der Waals surface area contributed by atoms with Crippen LogP contribution in [0, 0.1) is 46.3 Å². The molecule has 0 N–H and O–H groups in total. The molecule has 0 radical (unpaired) electrons. The number of hydrogen-bond acceptors (Lipinski definition) is 0. The van der Waals surface area contributed by atoms with Gasteiger partial charge in [0.2, 0.25) is 0 Å². The summed E-state index contributed by atoms with van der Waals surface area (Å²) in [4.78, 5) is 0. The summed E-state index contributed by atoms with van der Waals surface area (Å²) < 4.78 is 0. The summed E-state index contributed by atoms with van der Waals surface area (Å²) in [6.45, 7) is 13.5. The quantitative estimate of drug-likeness (QED) is 0.426. The average Bonchev–Trinajstić information content (AvgIpc) is 3.25.